The van der Waals surface area contributed by atoms with Crippen LogP contribution in [0.4, 0.5) is 0 Å². The lowest BCUT2D eigenvalue weighted by atomic mass is 10.0. The first-order valence-electron chi connectivity index (χ1n) is 8.68. The van der Waals surface area contributed by atoms with Gasteiger partial charge in [0, 0.05) is 37.2 Å². The van der Waals surface area contributed by atoms with E-state index in [1.54, 1.807) is 0 Å². The van der Waals surface area contributed by atoms with E-state index >= 15 is 0 Å². The summed E-state index contributed by atoms with van der Waals surface area (Å²) in [5.41, 5.74) is 3.63. The van der Waals surface area contributed by atoms with Crippen molar-refractivity contribution < 1.29 is 9.53 Å². The topological polar surface area (TPSA) is 47.4 Å². The Hall–Kier alpha value is -1.36. The number of carbonyl (C=O) groups is 1. The van der Waals surface area contributed by atoms with Gasteiger partial charge in [-0.1, -0.05) is 12.8 Å². The van der Waals surface area contributed by atoms with Crippen molar-refractivity contribution in [3.05, 3.63) is 17.0 Å². The van der Waals surface area contributed by atoms with Crippen LogP contribution in [-0.4, -0.2) is 33.7 Å². The van der Waals surface area contributed by atoms with Crippen molar-refractivity contribution in [2.24, 2.45) is 13.0 Å². The summed E-state index contributed by atoms with van der Waals surface area (Å²) in [6, 6.07) is 0.171. The normalized spacial score (nSPS) is 25.7. The number of aromatic nitrogens is 2. The van der Waals surface area contributed by atoms with Gasteiger partial charge in [-0.15, -0.1) is 0 Å². The fraction of sp³-hybridized carbons (Fsp3) is 0.765. The van der Waals surface area contributed by atoms with Crippen LogP contribution in [0, 0.1) is 5.92 Å². The number of ether oxygens (including phenoxy) is 1. The molecule has 1 saturated carbocycles. The molecule has 0 radical (unpaired) electrons. The van der Waals surface area contributed by atoms with Crippen LogP contribution in [0.15, 0.2) is 0 Å². The van der Waals surface area contributed by atoms with Gasteiger partial charge >= 0.3 is 0 Å². The molecule has 1 amide bonds. The molecule has 1 saturated heterocycles. The molecule has 3 aliphatic rings. The van der Waals surface area contributed by atoms with Gasteiger partial charge in [0.2, 0.25) is 5.91 Å². The summed E-state index contributed by atoms with van der Waals surface area (Å²) in [6.07, 6.45) is 7.64. The van der Waals surface area contributed by atoms with Gasteiger partial charge in [0.1, 0.15) is 0 Å². The average molecular weight is 303 g/mol. The first-order valence-corrected chi connectivity index (χ1v) is 8.68. The number of rotatable bonds is 2. The summed E-state index contributed by atoms with van der Waals surface area (Å²) in [4.78, 5) is 15.0. The second-order valence-electron chi connectivity index (χ2n) is 6.91. The minimum atomic E-state index is 0.171. The molecule has 1 atom stereocenters. The molecule has 5 nitrogen and oxygen atoms in total. The summed E-state index contributed by atoms with van der Waals surface area (Å²) in [5, 5.41) is 4.78. The van der Waals surface area contributed by atoms with Crippen molar-refractivity contribution in [2.45, 2.75) is 57.6 Å². The minimum absolute atomic E-state index is 0.171. The number of carbonyl (C=O) groups excluding carboxylic acids is 1. The van der Waals surface area contributed by atoms with E-state index in [1.165, 1.54) is 24.1 Å². The quantitative estimate of drug-likeness (QED) is 0.842. The molecule has 2 fully saturated rings. The molecule has 0 N–H and O–H groups in total. The molecule has 120 valence electrons. The molecule has 22 heavy (non-hydrogen) atoms. The Bertz CT molecular complexity index is 575. The van der Waals surface area contributed by atoms with Crippen LogP contribution in [0.25, 0.3) is 0 Å². The molecule has 1 aromatic rings. The summed E-state index contributed by atoms with van der Waals surface area (Å²) in [5.74, 6) is 0.632. The van der Waals surface area contributed by atoms with Gasteiger partial charge < -0.3 is 9.64 Å². The first-order chi connectivity index (χ1) is 10.8. The molecule has 2 aliphatic heterocycles. The predicted octanol–water partition coefficient (Wildman–Crippen LogP) is 2.35. The maximum atomic E-state index is 12.9. The van der Waals surface area contributed by atoms with Crippen molar-refractivity contribution in [1.29, 1.82) is 0 Å². The molecule has 1 aromatic heterocycles. The molecule has 0 aromatic carbocycles. The zero-order valence-electron chi connectivity index (χ0n) is 13.4. The molecule has 4 rings (SSSR count). The molecular weight excluding hydrogens is 278 g/mol. The zero-order chi connectivity index (χ0) is 15.1. The van der Waals surface area contributed by atoms with Crippen molar-refractivity contribution in [3.8, 4) is 0 Å². The van der Waals surface area contributed by atoms with Crippen LogP contribution in [-0.2, 0) is 29.6 Å². The monoisotopic (exact) mass is 303 g/mol. The lowest BCUT2D eigenvalue weighted by Gasteiger charge is -2.27. The highest BCUT2D eigenvalue weighted by Crippen LogP contribution is 2.38. The van der Waals surface area contributed by atoms with Gasteiger partial charge in [-0.3, -0.25) is 9.48 Å². The number of fused-ring (bicyclic) bond motifs is 1. The third-order valence-corrected chi connectivity index (χ3v) is 5.59. The number of hydrogen-bond donors (Lipinski definition) is 0. The second kappa shape index (κ2) is 5.69. The molecule has 5 heteroatoms. The summed E-state index contributed by atoms with van der Waals surface area (Å²) in [7, 11) is 2.02. The standard InChI is InChI=1S/C17H25N3O2/c1-19-14-8-10-22-11-13(14)16(18-19)15-7-4-9-20(15)17(21)12-5-2-3-6-12/h12,15H,2-11H2,1H3. The summed E-state index contributed by atoms with van der Waals surface area (Å²) in [6.45, 7) is 2.33. The highest BCUT2D eigenvalue weighted by atomic mass is 16.5. The van der Waals surface area contributed by atoms with Crippen LogP contribution in [0.1, 0.15) is 61.5 Å². The van der Waals surface area contributed by atoms with Gasteiger partial charge in [0.25, 0.3) is 0 Å². The van der Waals surface area contributed by atoms with Crippen molar-refractivity contribution in [1.82, 2.24) is 14.7 Å². The fourth-order valence-electron chi connectivity index (χ4n) is 4.43. The lowest BCUT2D eigenvalue weighted by Crippen LogP contribution is -2.35. The Morgan fingerprint density at radius 3 is 2.86 bits per heavy atom. The third kappa shape index (κ3) is 2.26. The van der Waals surface area contributed by atoms with E-state index in [0.717, 1.165) is 50.9 Å². The highest BCUT2D eigenvalue weighted by molar-refractivity contribution is 5.80. The zero-order valence-corrected chi connectivity index (χ0v) is 13.4. The van der Waals surface area contributed by atoms with Crippen LogP contribution in [0.2, 0.25) is 0 Å². The molecule has 0 bridgehead atoms. The summed E-state index contributed by atoms with van der Waals surface area (Å²) < 4.78 is 7.65. The molecule has 1 aliphatic carbocycles. The number of hydrogen-bond acceptors (Lipinski definition) is 3. The van der Waals surface area contributed by atoms with E-state index in [0.29, 0.717) is 12.5 Å². The maximum absolute atomic E-state index is 12.9. The van der Waals surface area contributed by atoms with Crippen LogP contribution in [0.3, 0.4) is 0 Å². The van der Waals surface area contributed by atoms with Gasteiger partial charge in [-0.05, 0) is 25.7 Å². The number of amides is 1. The largest absolute Gasteiger partial charge is 0.376 e. The maximum Gasteiger partial charge on any atom is 0.226 e. The van der Waals surface area contributed by atoms with E-state index in [1.807, 2.05) is 11.7 Å². The highest BCUT2D eigenvalue weighted by Gasteiger charge is 2.38. The SMILES string of the molecule is Cn1nc(C2CCCN2C(=O)C2CCCC2)c2c1CCOC2. The number of aryl methyl sites for hydroxylation is 1. The predicted molar refractivity (Wildman–Crippen MR) is 82.2 cm³/mol. The Labute approximate surface area is 131 Å². The van der Waals surface area contributed by atoms with Gasteiger partial charge in [-0.25, -0.2) is 0 Å². The third-order valence-electron chi connectivity index (χ3n) is 5.59. The first kappa shape index (κ1) is 14.2. The second-order valence-corrected chi connectivity index (χ2v) is 6.91. The van der Waals surface area contributed by atoms with Crippen molar-refractivity contribution >= 4 is 5.91 Å². The van der Waals surface area contributed by atoms with Gasteiger partial charge in [0.05, 0.1) is 24.9 Å². The lowest BCUT2D eigenvalue weighted by molar-refractivity contribution is -0.136. The fourth-order valence-corrected chi connectivity index (χ4v) is 4.43. The van der Waals surface area contributed by atoms with Crippen molar-refractivity contribution in [3.63, 3.8) is 0 Å². The smallest absolute Gasteiger partial charge is 0.226 e. The van der Waals surface area contributed by atoms with Gasteiger partial charge in [0.15, 0.2) is 0 Å². The van der Waals surface area contributed by atoms with Crippen LogP contribution < -0.4 is 0 Å². The molecular formula is C17H25N3O2. The Morgan fingerprint density at radius 2 is 2.05 bits per heavy atom. The molecule has 3 heterocycles. The van der Waals surface area contributed by atoms with Crippen molar-refractivity contribution in [2.75, 3.05) is 13.2 Å². The molecule has 1 unspecified atom stereocenters. The van der Waals surface area contributed by atoms with E-state index in [-0.39, 0.29) is 12.0 Å². The van der Waals surface area contributed by atoms with E-state index in [2.05, 4.69) is 4.90 Å². The Kier molecular flexibility index (Phi) is 3.68. The van der Waals surface area contributed by atoms with E-state index < -0.39 is 0 Å². The average Bonchev–Trinajstić information content (AvgIpc) is 3.27. The van der Waals surface area contributed by atoms with Crippen LogP contribution >= 0.6 is 0 Å². The van der Waals surface area contributed by atoms with E-state index in [4.69, 9.17) is 9.84 Å². The number of likely N-dealkylation sites (tertiary alicyclic amines) is 1. The number of nitrogens with zero attached hydrogens (tertiary/aromatic N) is 3. The molecule has 0 spiro atoms. The minimum Gasteiger partial charge on any atom is -0.376 e. The Balaban J connectivity index is 1.62. The van der Waals surface area contributed by atoms with Gasteiger partial charge in [-0.2, -0.15) is 5.10 Å². The van der Waals surface area contributed by atoms with E-state index in [9.17, 15) is 4.79 Å². The summed E-state index contributed by atoms with van der Waals surface area (Å²) >= 11 is 0. The Morgan fingerprint density at radius 1 is 1.23 bits per heavy atom. The van der Waals surface area contributed by atoms with Crippen LogP contribution in [0.5, 0.6) is 0 Å².